The molecule has 0 atom stereocenters. The van der Waals surface area contributed by atoms with Gasteiger partial charge in [0.1, 0.15) is 0 Å². The van der Waals surface area contributed by atoms with Gasteiger partial charge in [-0.05, 0) is 25.7 Å². The maximum Gasteiger partial charge on any atom is 0.305 e. The van der Waals surface area contributed by atoms with E-state index in [0.717, 1.165) is 12.8 Å². The van der Waals surface area contributed by atoms with Gasteiger partial charge >= 0.3 is 11.9 Å². The van der Waals surface area contributed by atoms with Crippen molar-refractivity contribution in [3.63, 3.8) is 0 Å². The van der Waals surface area contributed by atoms with Crippen LogP contribution < -0.4 is 10.6 Å². The lowest BCUT2D eigenvalue weighted by molar-refractivity contribution is -0.141. The molecule has 0 aromatic carbocycles. The summed E-state index contributed by atoms with van der Waals surface area (Å²) in [5.74, 6) is -0.813. The summed E-state index contributed by atoms with van der Waals surface area (Å²) in [6.45, 7) is 1.07. The SMILES string of the molecule is COC(=O)CCCC(=O)NCCCCNC(=O)CCCC(=O)OC. The van der Waals surface area contributed by atoms with Gasteiger partial charge < -0.3 is 20.1 Å². The van der Waals surface area contributed by atoms with Crippen molar-refractivity contribution in [3.8, 4) is 0 Å². The molecule has 2 N–H and O–H groups in total. The van der Waals surface area contributed by atoms with E-state index in [1.54, 1.807) is 0 Å². The molecule has 0 radical (unpaired) electrons. The van der Waals surface area contributed by atoms with Gasteiger partial charge in [0.15, 0.2) is 0 Å². The standard InChI is InChI=1S/C16H28N2O6/c1-23-15(21)9-5-7-13(19)17-11-3-4-12-18-14(20)8-6-10-16(22)24-2/h3-12H2,1-2H3,(H,17,19)(H,18,20). The average molecular weight is 344 g/mol. The zero-order valence-electron chi connectivity index (χ0n) is 14.5. The highest BCUT2D eigenvalue weighted by Gasteiger charge is 2.06. The number of rotatable bonds is 13. The molecule has 24 heavy (non-hydrogen) atoms. The lowest BCUT2D eigenvalue weighted by Crippen LogP contribution is -2.27. The maximum absolute atomic E-state index is 11.5. The molecule has 0 rings (SSSR count). The summed E-state index contributed by atoms with van der Waals surface area (Å²) in [6.07, 6.45) is 3.53. The van der Waals surface area contributed by atoms with Crippen LogP contribution in [0.5, 0.6) is 0 Å². The van der Waals surface area contributed by atoms with Crippen LogP contribution in [0.25, 0.3) is 0 Å². The Morgan fingerprint density at radius 2 is 1.00 bits per heavy atom. The number of methoxy groups -OCH3 is 2. The molecule has 0 fully saturated rings. The van der Waals surface area contributed by atoms with Gasteiger partial charge in [0.05, 0.1) is 14.2 Å². The molecular weight excluding hydrogens is 316 g/mol. The quantitative estimate of drug-likeness (QED) is 0.375. The van der Waals surface area contributed by atoms with Crippen LogP contribution >= 0.6 is 0 Å². The van der Waals surface area contributed by atoms with Crippen molar-refractivity contribution in [3.05, 3.63) is 0 Å². The molecule has 0 saturated heterocycles. The molecule has 0 saturated carbocycles. The van der Waals surface area contributed by atoms with Crippen LogP contribution in [0.3, 0.4) is 0 Å². The Hall–Kier alpha value is -2.12. The number of amides is 2. The monoisotopic (exact) mass is 344 g/mol. The van der Waals surface area contributed by atoms with E-state index in [9.17, 15) is 19.2 Å². The molecule has 0 bridgehead atoms. The van der Waals surface area contributed by atoms with Crippen molar-refractivity contribution in [2.75, 3.05) is 27.3 Å². The van der Waals surface area contributed by atoms with Gasteiger partial charge in [0, 0.05) is 38.8 Å². The molecule has 2 amide bonds. The number of ether oxygens (including phenoxy) is 2. The molecule has 8 nitrogen and oxygen atoms in total. The van der Waals surface area contributed by atoms with E-state index in [1.807, 2.05) is 0 Å². The fraction of sp³-hybridized carbons (Fsp3) is 0.750. The molecular formula is C16H28N2O6. The fourth-order valence-corrected chi connectivity index (χ4v) is 1.87. The number of esters is 2. The number of carbonyl (C=O) groups is 4. The van der Waals surface area contributed by atoms with Crippen LogP contribution in [0.4, 0.5) is 0 Å². The third kappa shape index (κ3) is 13.5. The lowest BCUT2D eigenvalue weighted by atomic mass is 10.2. The molecule has 0 unspecified atom stereocenters. The zero-order chi connectivity index (χ0) is 18.2. The summed E-state index contributed by atoms with van der Waals surface area (Å²) in [5.41, 5.74) is 0. The highest BCUT2D eigenvalue weighted by Crippen LogP contribution is 1.98. The second-order valence-electron chi connectivity index (χ2n) is 5.27. The molecule has 0 spiro atoms. The molecule has 0 aliphatic carbocycles. The maximum atomic E-state index is 11.5. The first-order chi connectivity index (χ1) is 11.5. The molecule has 0 aliphatic rings. The Kier molecular flexibility index (Phi) is 13.2. The predicted molar refractivity (Wildman–Crippen MR) is 87.0 cm³/mol. The summed E-state index contributed by atoms with van der Waals surface area (Å²) < 4.78 is 8.98. The van der Waals surface area contributed by atoms with Crippen molar-refractivity contribution < 1.29 is 28.7 Å². The predicted octanol–water partition coefficient (Wildman–Crippen LogP) is 0.686. The molecule has 0 heterocycles. The molecule has 0 aliphatic heterocycles. The zero-order valence-corrected chi connectivity index (χ0v) is 14.5. The largest absolute Gasteiger partial charge is 0.469 e. The molecule has 0 aromatic heterocycles. The Morgan fingerprint density at radius 3 is 1.33 bits per heavy atom. The number of unbranched alkanes of at least 4 members (excludes halogenated alkanes) is 1. The first-order valence-electron chi connectivity index (χ1n) is 8.16. The summed E-state index contributed by atoms with van der Waals surface area (Å²) in [7, 11) is 2.64. The van der Waals surface area contributed by atoms with Gasteiger partial charge in [-0.15, -0.1) is 0 Å². The van der Waals surface area contributed by atoms with E-state index in [1.165, 1.54) is 14.2 Å². The van der Waals surface area contributed by atoms with Gasteiger partial charge in [0.25, 0.3) is 0 Å². The molecule has 0 aromatic rings. The van der Waals surface area contributed by atoms with E-state index in [2.05, 4.69) is 20.1 Å². The van der Waals surface area contributed by atoms with Crippen LogP contribution in [0, 0.1) is 0 Å². The Bertz CT molecular complexity index is 373. The van der Waals surface area contributed by atoms with Crippen molar-refractivity contribution in [2.45, 2.75) is 51.4 Å². The van der Waals surface area contributed by atoms with E-state index >= 15 is 0 Å². The minimum Gasteiger partial charge on any atom is -0.469 e. The fourth-order valence-electron chi connectivity index (χ4n) is 1.87. The van der Waals surface area contributed by atoms with Crippen LogP contribution in [-0.4, -0.2) is 51.1 Å². The van der Waals surface area contributed by atoms with Crippen molar-refractivity contribution >= 4 is 23.8 Å². The van der Waals surface area contributed by atoms with Crippen LogP contribution in [0.2, 0.25) is 0 Å². The summed E-state index contributed by atoms with van der Waals surface area (Å²) in [5, 5.41) is 5.52. The highest BCUT2D eigenvalue weighted by molar-refractivity contribution is 5.77. The Balaban J connectivity index is 3.43. The van der Waals surface area contributed by atoms with E-state index < -0.39 is 0 Å². The lowest BCUT2D eigenvalue weighted by Gasteiger charge is -2.06. The van der Waals surface area contributed by atoms with Crippen LogP contribution in [-0.2, 0) is 28.7 Å². The average Bonchev–Trinajstić information content (AvgIpc) is 2.57. The van der Waals surface area contributed by atoms with Gasteiger partial charge in [-0.3, -0.25) is 19.2 Å². The molecule has 8 heteroatoms. The first kappa shape index (κ1) is 21.9. The van der Waals surface area contributed by atoms with Crippen molar-refractivity contribution in [1.82, 2.24) is 10.6 Å². The van der Waals surface area contributed by atoms with Crippen molar-refractivity contribution in [2.24, 2.45) is 0 Å². The van der Waals surface area contributed by atoms with Crippen LogP contribution in [0.1, 0.15) is 51.4 Å². The summed E-state index contributed by atoms with van der Waals surface area (Å²) >= 11 is 0. The second kappa shape index (κ2) is 14.5. The minimum absolute atomic E-state index is 0.0919. The van der Waals surface area contributed by atoms with E-state index in [0.29, 0.717) is 38.8 Å². The van der Waals surface area contributed by atoms with Gasteiger partial charge in [-0.2, -0.15) is 0 Å². The Morgan fingerprint density at radius 1 is 0.625 bits per heavy atom. The van der Waals surface area contributed by atoms with Crippen LogP contribution in [0.15, 0.2) is 0 Å². The van der Waals surface area contributed by atoms with Gasteiger partial charge in [-0.1, -0.05) is 0 Å². The number of hydrogen-bond acceptors (Lipinski definition) is 6. The number of carbonyl (C=O) groups excluding carboxylic acids is 4. The van der Waals surface area contributed by atoms with E-state index in [-0.39, 0.29) is 36.6 Å². The van der Waals surface area contributed by atoms with E-state index in [4.69, 9.17) is 0 Å². The number of hydrogen-bond donors (Lipinski definition) is 2. The smallest absolute Gasteiger partial charge is 0.305 e. The summed E-state index contributed by atoms with van der Waals surface area (Å²) in [4.78, 5) is 44.7. The third-order valence-electron chi connectivity index (χ3n) is 3.27. The highest BCUT2D eigenvalue weighted by atomic mass is 16.5. The first-order valence-corrected chi connectivity index (χ1v) is 8.16. The second-order valence-corrected chi connectivity index (χ2v) is 5.27. The third-order valence-corrected chi connectivity index (χ3v) is 3.27. The summed E-state index contributed by atoms with van der Waals surface area (Å²) in [6, 6.07) is 0. The van der Waals surface area contributed by atoms with Crippen molar-refractivity contribution in [1.29, 1.82) is 0 Å². The topological polar surface area (TPSA) is 111 Å². The normalized spacial score (nSPS) is 9.92. The molecule has 138 valence electrons. The Labute approximate surface area is 142 Å². The van der Waals surface area contributed by atoms with Gasteiger partial charge in [0.2, 0.25) is 11.8 Å². The van der Waals surface area contributed by atoms with Gasteiger partial charge in [-0.25, -0.2) is 0 Å². The minimum atomic E-state index is -0.315. The number of nitrogens with one attached hydrogen (secondary N) is 2.